The molecule has 178 valence electrons. The van der Waals surface area contributed by atoms with E-state index in [-0.39, 0.29) is 18.4 Å². The molecule has 0 saturated carbocycles. The van der Waals surface area contributed by atoms with Gasteiger partial charge in [0.1, 0.15) is 0 Å². The van der Waals surface area contributed by atoms with Crippen LogP contribution >= 0.6 is 0 Å². The van der Waals surface area contributed by atoms with Crippen molar-refractivity contribution in [2.45, 2.75) is 32.6 Å². The van der Waals surface area contributed by atoms with E-state index in [1.54, 1.807) is 18.2 Å². The smallest absolute Gasteiger partial charge is 0.260 e. The molecule has 1 fully saturated rings. The molecule has 1 saturated heterocycles. The Kier molecular flexibility index (Phi) is 9.13. The number of anilines is 1. The fraction of sp³-hybridized carbons (Fsp3) is 0.462. The summed E-state index contributed by atoms with van der Waals surface area (Å²) >= 11 is 0. The summed E-state index contributed by atoms with van der Waals surface area (Å²) < 4.78 is 11.4. The van der Waals surface area contributed by atoms with Crippen molar-refractivity contribution >= 4 is 17.5 Å². The number of piperidine rings is 1. The summed E-state index contributed by atoms with van der Waals surface area (Å²) in [5.41, 5.74) is 2.42. The molecule has 0 bridgehead atoms. The van der Waals surface area contributed by atoms with Crippen molar-refractivity contribution in [3.8, 4) is 11.5 Å². The molecule has 7 heteroatoms. The van der Waals surface area contributed by atoms with Gasteiger partial charge in [0.2, 0.25) is 0 Å². The average Bonchev–Trinajstić information content (AvgIpc) is 2.83. The zero-order chi connectivity index (χ0) is 23.6. The molecule has 0 spiro atoms. The van der Waals surface area contributed by atoms with Crippen LogP contribution in [0.1, 0.15) is 42.1 Å². The third-order valence-electron chi connectivity index (χ3n) is 5.63. The zero-order valence-corrected chi connectivity index (χ0v) is 19.9. The highest BCUT2D eigenvalue weighted by molar-refractivity contribution is 6.04. The van der Waals surface area contributed by atoms with Crippen molar-refractivity contribution in [2.75, 3.05) is 52.3 Å². The van der Waals surface area contributed by atoms with Crippen LogP contribution in [-0.2, 0) is 11.2 Å². The van der Waals surface area contributed by atoms with Crippen molar-refractivity contribution in [3.63, 3.8) is 0 Å². The molecule has 0 aromatic heterocycles. The fourth-order valence-electron chi connectivity index (χ4n) is 3.72. The van der Waals surface area contributed by atoms with Crippen LogP contribution in [0, 0.1) is 0 Å². The van der Waals surface area contributed by atoms with Gasteiger partial charge in [0, 0.05) is 30.9 Å². The van der Waals surface area contributed by atoms with Crippen molar-refractivity contribution in [2.24, 2.45) is 0 Å². The molecule has 2 aromatic rings. The Morgan fingerprint density at radius 2 is 1.70 bits per heavy atom. The Labute approximate surface area is 196 Å². The molecule has 1 heterocycles. The van der Waals surface area contributed by atoms with Crippen LogP contribution in [-0.4, -0.2) is 68.6 Å². The number of ether oxygens (including phenoxy) is 2. The third kappa shape index (κ3) is 7.49. The van der Waals surface area contributed by atoms with Gasteiger partial charge >= 0.3 is 0 Å². The predicted octanol–water partition coefficient (Wildman–Crippen LogP) is 3.83. The highest BCUT2D eigenvalue weighted by atomic mass is 16.5. The normalized spacial score (nSPS) is 13.6. The number of carbonyl (C=O) groups is 2. The van der Waals surface area contributed by atoms with Crippen molar-refractivity contribution in [1.82, 2.24) is 9.80 Å². The lowest BCUT2D eigenvalue weighted by molar-refractivity contribution is -0.134. The Morgan fingerprint density at radius 1 is 0.970 bits per heavy atom. The number of benzene rings is 2. The van der Waals surface area contributed by atoms with E-state index in [1.807, 2.05) is 50.2 Å². The monoisotopic (exact) mass is 453 g/mol. The van der Waals surface area contributed by atoms with Gasteiger partial charge in [-0.25, -0.2) is 0 Å². The van der Waals surface area contributed by atoms with Gasteiger partial charge in [0.05, 0.1) is 6.61 Å². The van der Waals surface area contributed by atoms with Gasteiger partial charge in [0.25, 0.3) is 11.8 Å². The standard InChI is InChI=1S/C26H35N3O4/c1-4-32-24-18-21(10-13-23(24)33-19-25(30)29-15-6-5-7-16-29)26(31)27-22-11-8-20(9-12-22)14-17-28(2)3/h8-13,18H,4-7,14-17,19H2,1-3H3,(H,27,31). The lowest BCUT2D eigenvalue weighted by Crippen LogP contribution is -2.38. The topological polar surface area (TPSA) is 71.1 Å². The number of hydrogen-bond donors (Lipinski definition) is 1. The predicted molar refractivity (Wildman–Crippen MR) is 130 cm³/mol. The molecule has 0 atom stereocenters. The second-order valence-corrected chi connectivity index (χ2v) is 8.53. The first-order valence-electron chi connectivity index (χ1n) is 11.7. The van der Waals surface area contributed by atoms with Gasteiger partial charge in [-0.15, -0.1) is 0 Å². The van der Waals surface area contributed by atoms with Crippen LogP contribution in [0.5, 0.6) is 11.5 Å². The van der Waals surface area contributed by atoms with Gasteiger partial charge in [-0.05, 0) is 82.6 Å². The second kappa shape index (κ2) is 12.3. The summed E-state index contributed by atoms with van der Waals surface area (Å²) in [6.45, 7) is 4.81. The molecule has 2 aromatic carbocycles. The molecule has 1 N–H and O–H groups in total. The van der Waals surface area contributed by atoms with Crippen LogP contribution in [0.4, 0.5) is 5.69 Å². The SMILES string of the molecule is CCOc1cc(C(=O)Nc2ccc(CCN(C)C)cc2)ccc1OCC(=O)N1CCCCC1. The molecule has 0 aliphatic carbocycles. The summed E-state index contributed by atoms with van der Waals surface area (Å²) in [5, 5.41) is 2.93. The number of likely N-dealkylation sites (N-methyl/N-ethyl adjacent to an activating group) is 1. The van der Waals surface area contributed by atoms with Crippen molar-refractivity contribution in [3.05, 3.63) is 53.6 Å². The minimum Gasteiger partial charge on any atom is -0.490 e. The quantitative estimate of drug-likeness (QED) is 0.592. The number of rotatable bonds is 10. The Balaban J connectivity index is 1.61. The third-order valence-corrected chi connectivity index (χ3v) is 5.63. The number of amides is 2. The van der Waals surface area contributed by atoms with E-state index in [4.69, 9.17) is 9.47 Å². The minimum atomic E-state index is -0.229. The molecule has 3 rings (SSSR count). The summed E-state index contributed by atoms with van der Waals surface area (Å²) in [6, 6.07) is 12.9. The maximum absolute atomic E-state index is 12.8. The first-order valence-corrected chi connectivity index (χ1v) is 11.7. The molecule has 0 unspecified atom stereocenters. The summed E-state index contributed by atoms with van der Waals surface area (Å²) in [4.78, 5) is 29.2. The van der Waals surface area contributed by atoms with Crippen LogP contribution < -0.4 is 14.8 Å². The van der Waals surface area contributed by atoms with Gasteiger partial charge in [0.15, 0.2) is 18.1 Å². The Hall–Kier alpha value is -3.06. The molecule has 1 aliphatic heterocycles. The molecule has 0 radical (unpaired) electrons. The van der Waals surface area contributed by atoms with E-state index in [0.717, 1.165) is 44.6 Å². The molecule has 1 aliphatic rings. The maximum atomic E-state index is 12.8. The first-order chi connectivity index (χ1) is 16.0. The average molecular weight is 454 g/mol. The van der Waals surface area contributed by atoms with Crippen LogP contribution in [0.15, 0.2) is 42.5 Å². The van der Waals surface area contributed by atoms with Crippen LogP contribution in [0.3, 0.4) is 0 Å². The molecule has 33 heavy (non-hydrogen) atoms. The van der Waals surface area contributed by atoms with Gasteiger partial charge in [-0.3, -0.25) is 9.59 Å². The van der Waals surface area contributed by atoms with Crippen molar-refractivity contribution in [1.29, 1.82) is 0 Å². The number of nitrogens with one attached hydrogen (secondary N) is 1. The number of hydrogen-bond acceptors (Lipinski definition) is 5. The molecule has 7 nitrogen and oxygen atoms in total. The Bertz CT molecular complexity index is 922. The molecular weight excluding hydrogens is 418 g/mol. The summed E-state index contributed by atoms with van der Waals surface area (Å²) in [7, 11) is 4.10. The largest absolute Gasteiger partial charge is 0.490 e. The number of nitrogens with zero attached hydrogens (tertiary/aromatic N) is 2. The number of likely N-dealkylation sites (tertiary alicyclic amines) is 1. The van der Waals surface area contributed by atoms with E-state index < -0.39 is 0 Å². The molecular formula is C26H35N3O4. The zero-order valence-electron chi connectivity index (χ0n) is 19.9. The van der Waals surface area contributed by atoms with Gasteiger partial charge < -0.3 is 24.6 Å². The summed E-state index contributed by atoms with van der Waals surface area (Å²) in [6.07, 6.45) is 4.21. The van der Waals surface area contributed by atoms with Gasteiger partial charge in [-0.2, -0.15) is 0 Å². The Morgan fingerprint density at radius 3 is 2.36 bits per heavy atom. The lowest BCUT2D eigenvalue weighted by Gasteiger charge is -2.26. The van der Waals surface area contributed by atoms with Crippen molar-refractivity contribution < 1.29 is 19.1 Å². The van der Waals surface area contributed by atoms with E-state index in [0.29, 0.717) is 23.7 Å². The van der Waals surface area contributed by atoms with E-state index >= 15 is 0 Å². The first kappa shape index (κ1) is 24.6. The van der Waals surface area contributed by atoms with Gasteiger partial charge in [-0.1, -0.05) is 12.1 Å². The van der Waals surface area contributed by atoms with Crippen LogP contribution in [0.25, 0.3) is 0 Å². The molecule has 2 amide bonds. The second-order valence-electron chi connectivity index (χ2n) is 8.53. The van der Waals surface area contributed by atoms with E-state index in [9.17, 15) is 9.59 Å². The lowest BCUT2D eigenvalue weighted by atomic mass is 10.1. The highest BCUT2D eigenvalue weighted by Crippen LogP contribution is 2.29. The highest BCUT2D eigenvalue weighted by Gasteiger charge is 2.18. The van der Waals surface area contributed by atoms with E-state index in [1.165, 1.54) is 12.0 Å². The maximum Gasteiger partial charge on any atom is 0.260 e. The van der Waals surface area contributed by atoms with Crippen LogP contribution in [0.2, 0.25) is 0 Å². The van der Waals surface area contributed by atoms with E-state index in [2.05, 4.69) is 10.2 Å². The minimum absolute atomic E-state index is 0.0204. The number of carbonyl (C=O) groups excluding carboxylic acids is 2. The summed E-state index contributed by atoms with van der Waals surface area (Å²) in [5.74, 6) is 0.667. The fourth-order valence-corrected chi connectivity index (χ4v) is 3.72.